The van der Waals surface area contributed by atoms with Crippen LogP contribution in [0, 0.1) is 5.82 Å². The normalized spacial score (nSPS) is 11.6. The molecular formula is C21H21FN2O2S. The van der Waals surface area contributed by atoms with Gasteiger partial charge in [0, 0.05) is 25.5 Å². The van der Waals surface area contributed by atoms with Gasteiger partial charge in [-0.3, -0.25) is 4.98 Å². The molecule has 4 nitrogen and oxygen atoms in total. The summed E-state index contributed by atoms with van der Waals surface area (Å²) in [5.74, 6) is -0.412. The molecule has 0 amide bonds. The van der Waals surface area contributed by atoms with Crippen LogP contribution in [0.5, 0.6) is 0 Å². The van der Waals surface area contributed by atoms with E-state index in [0.29, 0.717) is 12.0 Å². The molecule has 0 radical (unpaired) electrons. The monoisotopic (exact) mass is 384 g/mol. The van der Waals surface area contributed by atoms with Crippen molar-refractivity contribution in [3.8, 4) is 0 Å². The second-order valence-corrected chi connectivity index (χ2v) is 8.25. The van der Waals surface area contributed by atoms with Gasteiger partial charge in [-0.1, -0.05) is 54.6 Å². The summed E-state index contributed by atoms with van der Waals surface area (Å²) in [5, 5.41) is 0. The summed E-state index contributed by atoms with van der Waals surface area (Å²) in [6, 6.07) is 19.1. The first kappa shape index (κ1) is 19.2. The molecule has 0 spiro atoms. The van der Waals surface area contributed by atoms with Crippen LogP contribution in [0.15, 0.2) is 79.1 Å². The molecule has 1 heterocycles. The molecule has 1 aromatic heterocycles. The lowest BCUT2D eigenvalue weighted by atomic mass is 10.1. The lowest BCUT2D eigenvalue weighted by Crippen LogP contribution is -2.33. The summed E-state index contributed by atoms with van der Waals surface area (Å²) in [4.78, 5) is 4.05. The molecule has 0 aliphatic carbocycles. The van der Waals surface area contributed by atoms with E-state index in [2.05, 4.69) is 4.98 Å². The largest absolute Gasteiger partial charge is 0.264 e. The molecule has 0 unspecified atom stereocenters. The molecule has 3 aromatic rings. The average Bonchev–Trinajstić information content (AvgIpc) is 2.67. The minimum atomic E-state index is -3.57. The van der Waals surface area contributed by atoms with Gasteiger partial charge < -0.3 is 0 Å². The third kappa shape index (κ3) is 5.45. The van der Waals surface area contributed by atoms with Gasteiger partial charge in [0.1, 0.15) is 5.82 Å². The molecular weight excluding hydrogens is 363 g/mol. The van der Waals surface area contributed by atoms with Crippen LogP contribution in [-0.4, -0.2) is 24.3 Å². The smallest absolute Gasteiger partial charge is 0.218 e. The molecule has 0 aliphatic heterocycles. The first-order valence-electron chi connectivity index (χ1n) is 8.69. The Labute approximate surface area is 159 Å². The number of rotatable bonds is 8. The maximum absolute atomic E-state index is 13.9. The van der Waals surface area contributed by atoms with Crippen molar-refractivity contribution in [3.63, 3.8) is 0 Å². The Hall–Kier alpha value is -2.57. The Morgan fingerprint density at radius 1 is 0.889 bits per heavy atom. The zero-order valence-electron chi connectivity index (χ0n) is 14.8. The summed E-state index contributed by atoms with van der Waals surface area (Å²) in [6.07, 6.45) is 3.60. The van der Waals surface area contributed by atoms with Crippen molar-refractivity contribution in [2.24, 2.45) is 0 Å². The number of hydrogen-bond donors (Lipinski definition) is 0. The first-order chi connectivity index (χ1) is 13.0. The minimum Gasteiger partial charge on any atom is -0.264 e. The summed E-state index contributed by atoms with van der Waals surface area (Å²) < 4.78 is 41.4. The summed E-state index contributed by atoms with van der Waals surface area (Å²) >= 11 is 0. The van der Waals surface area contributed by atoms with Gasteiger partial charge in [0.25, 0.3) is 0 Å². The minimum absolute atomic E-state index is 0.0919. The predicted molar refractivity (Wildman–Crippen MR) is 104 cm³/mol. The highest BCUT2D eigenvalue weighted by molar-refractivity contribution is 7.88. The van der Waals surface area contributed by atoms with E-state index in [1.807, 2.05) is 24.3 Å². The number of nitrogens with zero attached hydrogens (tertiary/aromatic N) is 2. The first-order valence-corrected chi connectivity index (χ1v) is 10.3. The van der Waals surface area contributed by atoms with Crippen molar-refractivity contribution < 1.29 is 12.8 Å². The lowest BCUT2D eigenvalue weighted by molar-refractivity contribution is 0.406. The van der Waals surface area contributed by atoms with E-state index < -0.39 is 10.0 Å². The van der Waals surface area contributed by atoms with Crippen LogP contribution in [0.2, 0.25) is 0 Å². The molecule has 0 fully saturated rings. The molecule has 0 bridgehead atoms. The van der Waals surface area contributed by atoms with Crippen molar-refractivity contribution in [1.82, 2.24) is 9.29 Å². The van der Waals surface area contributed by atoms with E-state index >= 15 is 0 Å². The third-order valence-electron chi connectivity index (χ3n) is 4.26. The van der Waals surface area contributed by atoms with Crippen LogP contribution >= 0.6 is 0 Å². The van der Waals surface area contributed by atoms with E-state index in [-0.39, 0.29) is 24.7 Å². The Balaban J connectivity index is 1.81. The Kier molecular flexibility index (Phi) is 6.32. The lowest BCUT2D eigenvalue weighted by Gasteiger charge is -2.22. The fourth-order valence-corrected chi connectivity index (χ4v) is 4.35. The van der Waals surface area contributed by atoms with E-state index in [4.69, 9.17) is 0 Å². The van der Waals surface area contributed by atoms with Gasteiger partial charge in [0.2, 0.25) is 10.0 Å². The Morgan fingerprint density at radius 3 is 2.30 bits per heavy atom. The second-order valence-electron chi connectivity index (χ2n) is 6.28. The van der Waals surface area contributed by atoms with Crippen LogP contribution < -0.4 is 0 Å². The Morgan fingerprint density at radius 2 is 1.59 bits per heavy atom. The molecule has 6 heteroatoms. The van der Waals surface area contributed by atoms with Crippen molar-refractivity contribution >= 4 is 10.0 Å². The molecule has 2 aromatic carbocycles. The summed E-state index contributed by atoms with van der Waals surface area (Å²) in [5.41, 5.74) is 2.02. The molecule has 0 N–H and O–H groups in total. The van der Waals surface area contributed by atoms with Crippen molar-refractivity contribution in [1.29, 1.82) is 0 Å². The van der Waals surface area contributed by atoms with E-state index in [9.17, 15) is 12.8 Å². The maximum atomic E-state index is 13.9. The number of halogens is 1. The average molecular weight is 384 g/mol. The van der Waals surface area contributed by atoms with Gasteiger partial charge in [-0.15, -0.1) is 0 Å². The van der Waals surface area contributed by atoms with Crippen LogP contribution in [0.4, 0.5) is 4.39 Å². The third-order valence-corrected chi connectivity index (χ3v) is 6.05. The molecule has 0 atom stereocenters. The van der Waals surface area contributed by atoms with Gasteiger partial charge in [-0.05, 0) is 35.2 Å². The van der Waals surface area contributed by atoms with Crippen LogP contribution in [0.3, 0.4) is 0 Å². The number of sulfonamides is 1. The van der Waals surface area contributed by atoms with Crippen LogP contribution in [0.25, 0.3) is 0 Å². The van der Waals surface area contributed by atoms with Crippen molar-refractivity contribution in [2.75, 3.05) is 6.54 Å². The molecule has 0 saturated heterocycles. The fourth-order valence-electron chi connectivity index (χ4n) is 2.83. The molecule has 0 saturated carbocycles. The molecule has 140 valence electrons. The second kappa shape index (κ2) is 8.88. The Bertz CT molecular complexity index is 964. The van der Waals surface area contributed by atoms with Gasteiger partial charge in [-0.2, -0.15) is 4.31 Å². The SMILES string of the molecule is O=S(=O)(Cc1ccccc1)N(CCc1ccccc1F)Cc1cccnc1. The van der Waals surface area contributed by atoms with Crippen molar-refractivity contribution in [2.45, 2.75) is 18.7 Å². The standard InChI is InChI=1S/C21H21FN2O2S/c22-21-11-5-4-10-20(21)12-14-24(16-19-9-6-13-23-15-19)27(25,26)17-18-7-2-1-3-8-18/h1-11,13,15H,12,14,16-17H2. The van der Waals surface area contributed by atoms with Gasteiger partial charge in [0.05, 0.1) is 5.75 Å². The zero-order chi connectivity index (χ0) is 19.1. The quantitative estimate of drug-likeness (QED) is 0.594. The molecule has 3 rings (SSSR count). The van der Waals surface area contributed by atoms with E-state index in [1.165, 1.54) is 10.4 Å². The fraction of sp³-hybridized carbons (Fsp3) is 0.190. The topological polar surface area (TPSA) is 50.3 Å². The van der Waals surface area contributed by atoms with Crippen LogP contribution in [-0.2, 0) is 28.7 Å². The maximum Gasteiger partial charge on any atom is 0.218 e. The van der Waals surface area contributed by atoms with Crippen molar-refractivity contribution in [3.05, 3.63) is 102 Å². The number of pyridine rings is 1. The number of aromatic nitrogens is 1. The number of hydrogen-bond acceptors (Lipinski definition) is 3. The molecule has 0 aliphatic rings. The van der Waals surface area contributed by atoms with Gasteiger partial charge in [-0.25, -0.2) is 12.8 Å². The van der Waals surface area contributed by atoms with Gasteiger partial charge >= 0.3 is 0 Å². The molecule has 27 heavy (non-hydrogen) atoms. The summed E-state index contributed by atoms with van der Waals surface area (Å²) in [6.45, 7) is 0.405. The van der Waals surface area contributed by atoms with E-state index in [1.54, 1.807) is 48.8 Å². The van der Waals surface area contributed by atoms with Gasteiger partial charge in [0.15, 0.2) is 0 Å². The number of benzene rings is 2. The highest BCUT2D eigenvalue weighted by atomic mass is 32.2. The highest BCUT2D eigenvalue weighted by Gasteiger charge is 2.23. The van der Waals surface area contributed by atoms with E-state index in [0.717, 1.165) is 11.1 Å². The highest BCUT2D eigenvalue weighted by Crippen LogP contribution is 2.16. The predicted octanol–water partition coefficient (Wildman–Crippen LogP) is 3.80. The zero-order valence-corrected chi connectivity index (χ0v) is 15.6. The summed E-state index contributed by atoms with van der Waals surface area (Å²) in [7, 11) is -3.57. The van der Waals surface area contributed by atoms with Crippen LogP contribution in [0.1, 0.15) is 16.7 Å².